The number of phenols is 1. The summed E-state index contributed by atoms with van der Waals surface area (Å²) in [6.07, 6.45) is 0. The zero-order valence-electron chi connectivity index (χ0n) is 31.9. The summed E-state index contributed by atoms with van der Waals surface area (Å²) in [6.45, 7) is 0. The molecule has 0 aliphatic carbocycles. The molecule has 324 valence electrons. The van der Waals surface area contributed by atoms with E-state index in [4.69, 9.17) is 5.73 Å². The molecule has 0 heterocycles. The summed E-state index contributed by atoms with van der Waals surface area (Å²) in [7, 11) is -19.5. The van der Waals surface area contributed by atoms with Crippen LogP contribution >= 0.6 is 0 Å². The molecule has 0 radical (unpaired) electrons. The standard InChI is InChI=1S/C40H27N7O13S4/c41-22-8-10-25-21(16-22)17-38(64(58,59)60)39(40(25)48)47-46-35-15-14-34(28-11-9-24(20-30(28)35)61(49,50)51)45-44-33-13-12-32(26-4-1-2-5-27(26)33)43-42-23-18-31-29(37(19-23)63(55,56)57)6-3-7-36(31)62(52,53)54/h1-20,48H,41H2,(H,49,50,51)(H,52,53,54)(H,55,56,57)(H,58,59,60). The number of anilines is 1. The maximum Gasteiger partial charge on any atom is 0.296 e. The Labute approximate surface area is 361 Å². The maximum absolute atomic E-state index is 12.4. The van der Waals surface area contributed by atoms with Gasteiger partial charge >= 0.3 is 0 Å². The molecule has 0 aromatic heterocycles. The molecule has 0 unspecified atom stereocenters. The highest BCUT2D eigenvalue weighted by atomic mass is 32.2. The molecule has 0 amide bonds. The van der Waals surface area contributed by atoms with E-state index in [9.17, 15) is 57.0 Å². The third-order valence-corrected chi connectivity index (χ3v) is 13.2. The number of rotatable bonds is 10. The molecule has 0 fully saturated rings. The second-order valence-corrected chi connectivity index (χ2v) is 19.4. The lowest BCUT2D eigenvalue weighted by Crippen LogP contribution is -2.03. The minimum absolute atomic E-state index is 0.0342. The topological polar surface area (TPSA) is 338 Å². The van der Waals surface area contributed by atoms with Crippen molar-refractivity contribution < 1.29 is 57.0 Å². The van der Waals surface area contributed by atoms with E-state index in [-0.39, 0.29) is 60.8 Å². The highest BCUT2D eigenvalue weighted by Gasteiger charge is 2.24. The van der Waals surface area contributed by atoms with Crippen molar-refractivity contribution in [2.24, 2.45) is 30.7 Å². The first-order chi connectivity index (χ1) is 30.1. The van der Waals surface area contributed by atoms with Crippen molar-refractivity contribution >= 4 is 123 Å². The number of benzene rings is 8. The Morgan fingerprint density at radius 3 is 1.48 bits per heavy atom. The fourth-order valence-electron chi connectivity index (χ4n) is 6.86. The van der Waals surface area contributed by atoms with Crippen LogP contribution in [0.2, 0.25) is 0 Å². The summed E-state index contributed by atoms with van der Waals surface area (Å²) >= 11 is 0. The van der Waals surface area contributed by atoms with Crippen molar-refractivity contribution in [3.63, 3.8) is 0 Å². The minimum Gasteiger partial charge on any atom is -0.505 e. The van der Waals surface area contributed by atoms with Gasteiger partial charge in [0.25, 0.3) is 40.5 Å². The molecular weight excluding hydrogens is 915 g/mol. The van der Waals surface area contributed by atoms with Gasteiger partial charge in [0.1, 0.15) is 20.4 Å². The number of nitrogen functional groups attached to an aromatic ring is 1. The van der Waals surface area contributed by atoms with E-state index >= 15 is 0 Å². The van der Waals surface area contributed by atoms with Gasteiger partial charge in [-0.2, -0.15) is 38.8 Å². The summed E-state index contributed by atoms with van der Waals surface area (Å²) in [5.41, 5.74) is 5.84. The van der Waals surface area contributed by atoms with Crippen molar-refractivity contribution in [1.82, 2.24) is 0 Å². The van der Waals surface area contributed by atoms with E-state index in [0.29, 0.717) is 16.5 Å². The summed E-state index contributed by atoms with van der Waals surface area (Å²) in [5.74, 6) is -0.656. The van der Waals surface area contributed by atoms with Gasteiger partial charge in [0.15, 0.2) is 5.75 Å². The summed E-state index contributed by atoms with van der Waals surface area (Å²) in [4.78, 5) is -2.64. The van der Waals surface area contributed by atoms with Crippen LogP contribution in [-0.2, 0) is 40.5 Å². The minimum atomic E-state index is -4.99. The molecule has 20 nitrogen and oxygen atoms in total. The molecule has 0 aliphatic rings. The highest BCUT2D eigenvalue weighted by Crippen LogP contribution is 2.44. The van der Waals surface area contributed by atoms with Crippen LogP contribution in [0.4, 0.5) is 39.8 Å². The number of aromatic hydroxyl groups is 1. The average molecular weight is 942 g/mol. The normalized spacial score (nSPS) is 13.1. The van der Waals surface area contributed by atoms with E-state index in [1.54, 1.807) is 24.3 Å². The number of azo groups is 3. The molecule has 0 bridgehead atoms. The molecule has 8 aromatic rings. The third-order valence-electron chi connectivity index (χ3n) is 9.73. The van der Waals surface area contributed by atoms with Crippen LogP contribution in [0.3, 0.4) is 0 Å². The first kappa shape index (κ1) is 43.5. The largest absolute Gasteiger partial charge is 0.505 e. The van der Waals surface area contributed by atoms with Gasteiger partial charge in [-0.05, 0) is 84.2 Å². The van der Waals surface area contributed by atoms with Crippen LogP contribution in [0.1, 0.15) is 0 Å². The molecule has 64 heavy (non-hydrogen) atoms. The highest BCUT2D eigenvalue weighted by molar-refractivity contribution is 7.87. The first-order valence-corrected chi connectivity index (χ1v) is 23.7. The van der Waals surface area contributed by atoms with Crippen LogP contribution in [0.15, 0.2) is 172 Å². The number of nitrogens with zero attached hydrogens (tertiary/aromatic N) is 6. The number of hydrogen-bond acceptors (Lipinski definition) is 16. The lowest BCUT2D eigenvalue weighted by atomic mass is 10.1. The Morgan fingerprint density at radius 2 is 0.906 bits per heavy atom. The molecule has 0 saturated heterocycles. The van der Waals surface area contributed by atoms with E-state index < -0.39 is 71.5 Å². The first-order valence-electron chi connectivity index (χ1n) is 17.9. The second kappa shape index (κ2) is 15.9. The third kappa shape index (κ3) is 8.49. The Morgan fingerprint density at radius 1 is 0.391 bits per heavy atom. The fraction of sp³-hybridized carbons (Fsp3) is 0. The second-order valence-electron chi connectivity index (χ2n) is 13.8. The Balaban J connectivity index is 1.20. The van der Waals surface area contributed by atoms with Crippen molar-refractivity contribution in [1.29, 1.82) is 0 Å². The number of nitrogens with two attached hydrogens (primary N) is 1. The predicted molar refractivity (Wildman–Crippen MR) is 234 cm³/mol. The van der Waals surface area contributed by atoms with Crippen molar-refractivity contribution in [3.8, 4) is 5.75 Å². The fourth-order valence-corrected chi connectivity index (χ4v) is 9.45. The molecular formula is C40H27N7O13S4. The lowest BCUT2D eigenvalue weighted by molar-refractivity contribution is 0.472. The van der Waals surface area contributed by atoms with Gasteiger partial charge < -0.3 is 10.8 Å². The Bertz CT molecular complexity index is 3880. The van der Waals surface area contributed by atoms with Crippen LogP contribution in [0.25, 0.3) is 43.1 Å². The smallest absolute Gasteiger partial charge is 0.296 e. The van der Waals surface area contributed by atoms with Gasteiger partial charge in [-0.3, -0.25) is 18.2 Å². The molecule has 24 heteroatoms. The van der Waals surface area contributed by atoms with Crippen LogP contribution in [0, 0.1) is 0 Å². The SMILES string of the molecule is Nc1ccc2c(O)c(N=Nc3ccc(N=Nc4ccc(N=Nc5cc(S(=O)(=O)O)c6cccc(S(=O)(=O)O)c6c5)c5ccccc45)c4ccc(S(=O)(=O)O)cc34)c(S(=O)(=O)O)cc2c1. The van der Waals surface area contributed by atoms with Gasteiger partial charge in [-0.1, -0.05) is 42.5 Å². The molecule has 8 rings (SSSR count). The Kier molecular flexibility index (Phi) is 10.8. The zero-order chi connectivity index (χ0) is 45.9. The van der Waals surface area contributed by atoms with E-state index in [2.05, 4.69) is 30.7 Å². The van der Waals surface area contributed by atoms with Gasteiger partial charge in [-0.25, -0.2) is 0 Å². The van der Waals surface area contributed by atoms with Crippen LogP contribution in [-0.4, -0.2) is 57.0 Å². The monoisotopic (exact) mass is 941 g/mol. The van der Waals surface area contributed by atoms with Gasteiger partial charge in [0.2, 0.25) is 0 Å². The number of phenolic OH excluding ortho intramolecular Hbond substituents is 1. The molecule has 0 spiro atoms. The summed E-state index contributed by atoms with van der Waals surface area (Å²) in [5, 5.41) is 37.4. The summed E-state index contributed by atoms with van der Waals surface area (Å²) < 4.78 is 138. The number of fused-ring (bicyclic) bond motifs is 4. The molecule has 0 atom stereocenters. The lowest BCUT2D eigenvalue weighted by Gasteiger charge is -2.10. The summed E-state index contributed by atoms with van der Waals surface area (Å²) in [6, 6.07) is 26.9. The van der Waals surface area contributed by atoms with Gasteiger partial charge in [0.05, 0.1) is 33.3 Å². The molecule has 0 saturated carbocycles. The van der Waals surface area contributed by atoms with Crippen molar-refractivity contribution in [3.05, 3.63) is 121 Å². The predicted octanol–water partition coefficient (Wildman–Crippen LogP) is 9.82. The molecule has 7 N–H and O–H groups in total. The van der Waals surface area contributed by atoms with Crippen molar-refractivity contribution in [2.75, 3.05) is 5.73 Å². The van der Waals surface area contributed by atoms with Crippen LogP contribution in [0.5, 0.6) is 5.75 Å². The van der Waals surface area contributed by atoms with Gasteiger partial charge in [0, 0.05) is 43.4 Å². The average Bonchev–Trinajstić information content (AvgIpc) is 3.22. The van der Waals surface area contributed by atoms with E-state index in [1.165, 1.54) is 66.7 Å². The van der Waals surface area contributed by atoms with Gasteiger partial charge in [-0.15, -0.1) is 25.6 Å². The van der Waals surface area contributed by atoms with Crippen LogP contribution < -0.4 is 5.73 Å². The van der Waals surface area contributed by atoms with E-state index in [0.717, 1.165) is 30.3 Å². The Hall–Kier alpha value is -7.16. The van der Waals surface area contributed by atoms with Crippen molar-refractivity contribution in [2.45, 2.75) is 19.6 Å². The molecule has 8 aromatic carbocycles. The zero-order valence-corrected chi connectivity index (χ0v) is 35.2. The quantitative estimate of drug-likeness (QED) is 0.0422. The van der Waals surface area contributed by atoms with E-state index in [1.807, 2.05) is 0 Å². The molecule has 0 aliphatic heterocycles. The number of hydrogen-bond donors (Lipinski definition) is 6. The maximum atomic E-state index is 12.4.